The number of benzene rings is 1. The first-order valence-corrected chi connectivity index (χ1v) is 7.18. The maximum absolute atomic E-state index is 2.60. The third kappa shape index (κ3) is 3.45. The molecule has 0 aliphatic carbocycles. The molecular weight excluding hydrogens is 309 g/mol. The lowest BCUT2D eigenvalue weighted by molar-refractivity contribution is 0.134. The smallest absolute Gasteiger partial charge is 0.0233 e. The van der Waals surface area contributed by atoms with E-state index in [0.717, 1.165) is 18.4 Å². The minimum absolute atomic E-state index is 0.854. The van der Waals surface area contributed by atoms with Gasteiger partial charge in [-0.2, -0.15) is 0 Å². The van der Waals surface area contributed by atoms with E-state index in [4.69, 9.17) is 0 Å². The zero-order valence-electron chi connectivity index (χ0n) is 10.1. The van der Waals surface area contributed by atoms with E-state index in [1.165, 1.54) is 28.6 Å². The Kier molecular flexibility index (Phi) is 4.25. The average Bonchev–Trinajstić information content (AvgIpc) is 2.20. The van der Waals surface area contributed by atoms with E-state index in [9.17, 15) is 0 Å². The van der Waals surface area contributed by atoms with Gasteiger partial charge in [0, 0.05) is 23.2 Å². The molecule has 0 radical (unpaired) electrons. The second-order valence-corrected chi connectivity index (χ2v) is 6.51. The van der Waals surface area contributed by atoms with E-state index >= 15 is 0 Å². The van der Waals surface area contributed by atoms with E-state index < -0.39 is 0 Å². The van der Waals surface area contributed by atoms with Gasteiger partial charge in [-0.1, -0.05) is 26.0 Å². The zero-order chi connectivity index (χ0) is 11.5. The first-order chi connectivity index (χ1) is 7.63. The van der Waals surface area contributed by atoms with E-state index in [1.54, 1.807) is 0 Å². The maximum atomic E-state index is 2.60. The normalized spacial score (nSPS) is 26.9. The highest BCUT2D eigenvalue weighted by Gasteiger charge is 2.21. The molecule has 1 aromatic carbocycles. The van der Waals surface area contributed by atoms with Gasteiger partial charge >= 0.3 is 0 Å². The van der Waals surface area contributed by atoms with Crippen molar-refractivity contribution in [3.8, 4) is 0 Å². The standard InChI is InChI=1S/C14H20IN/c1-11-7-12(2)9-16(8-11)10-13-3-5-14(15)6-4-13/h3-6,11-12H,7-10H2,1-2H3. The van der Waals surface area contributed by atoms with Crippen molar-refractivity contribution in [2.75, 3.05) is 13.1 Å². The van der Waals surface area contributed by atoms with Crippen molar-refractivity contribution in [1.29, 1.82) is 0 Å². The Hall–Kier alpha value is -0.0900. The van der Waals surface area contributed by atoms with E-state index in [0.29, 0.717) is 0 Å². The fourth-order valence-electron chi connectivity index (χ4n) is 2.77. The molecule has 0 saturated carbocycles. The highest BCUT2D eigenvalue weighted by molar-refractivity contribution is 14.1. The van der Waals surface area contributed by atoms with Crippen LogP contribution in [0.2, 0.25) is 0 Å². The fraction of sp³-hybridized carbons (Fsp3) is 0.571. The molecule has 2 rings (SSSR count). The van der Waals surface area contributed by atoms with Gasteiger partial charge in [-0.25, -0.2) is 0 Å². The topological polar surface area (TPSA) is 3.24 Å². The Morgan fingerprint density at radius 2 is 1.69 bits per heavy atom. The summed E-state index contributed by atoms with van der Waals surface area (Å²) in [5.41, 5.74) is 1.45. The molecule has 1 fully saturated rings. The van der Waals surface area contributed by atoms with Crippen molar-refractivity contribution in [1.82, 2.24) is 4.90 Å². The van der Waals surface area contributed by atoms with Crippen molar-refractivity contribution < 1.29 is 0 Å². The Morgan fingerprint density at radius 3 is 2.25 bits per heavy atom. The molecule has 1 heterocycles. The van der Waals surface area contributed by atoms with Crippen LogP contribution in [0.4, 0.5) is 0 Å². The number of piperidine rings is 1. The summed E-state index contributed by atoms with van der Waals surface area (Å²) in [6, 6.07) is 8.91. The van der Waals surface area contributed by atoms with E-state index in [2.05, 4.69) is 65.6 Å². The predicted octanol–water partition coefficient (Wildman–Crippen LogP) is 3.77. The molecule has 1 aliphatic heterocycles. The van der Waals surface area contributed by atoms with E-state index in [1.807, 2.05) is 0 Å². The number of likely N-dealkylation sites (tertiary alicyclic amines) is 1. The summed E-state index contributed by atoms with van der Waals surface area (Å²) in [4.78, 5) is 2.60. The molecule has 88 valence electrons. The van der Waals surface area contributed by atoms with Crippen molar-refractivity contribution in [2.24, 2.45) is 11.8 Å². The predicted molar refractivity (Wildman–Crippen MR) is 77.4 cm³/mol. The second kappa shape index (κ2) is 5.50. The first-order valence-electron chi connectivity index (χ1n) is 6.10. The molecule has 1 aliphatic rings. The van der Waals surface area contributed by atoms with Crippen LogP contribution in [0, 0.1) is 15.4 Å². The second-order valence-electron chi connectivity index (χ2n) is 5.27. The quantitative estimate of drug-likeness (QED) is 0.747. The Bertz CT molecular complexity index is 323. The van der Waals surface area contributed by atoms with Gasteiger partial charge in [-0.05, 0) is 58.5 Å². The maximum Gasteiger partial charge on any atom is 0.0233 e. The van der Waals surface area contributed by atoms with Gasteiger partial charge in [-0.15, -0.1) is 0 Å². The van der Waals surface area contributed by atoms with Gasteiger partial charge in [0.25, 0.3) is 0 Å². The number of rotatable bonds is 2. The van der Waals surface area contributed by atoms with Crippen LogP contribution in [-0.4, -0.2) is 18.0 Å². The highest BCUT2D eigenvalue weighted by atomic mass is 127. The molecule has 0 aromatic heterocycles. The van der Waals surface area contributed by atoms with Gasteiger partial charge in [0.15, 0.2) is 0 Å². The molecule has 1 aromatic rings. The number of nitrogens with zero attached hydrogens (tertiary/aromatic N) is 1. The summed E-state index contributed by atoms with van der Waals surface area (Å²) in [6.07, 6.45) is 1.39. The van der Waals surface area contributed by atoms with Gasteiger partial charge in [0.2, 0.25) is 0 Å². The Balaban J connectivity index is 1.96. The van der Waals surface area contributed by atoms with Gasteiger partial charge in [0.05, 0.1) is 0 Å². The lowest BCUT2D eigenvalue weighted by Crippen LogP contribution is -2.38. The van der Waals surface area contributed by atoms with Crippen LogP contribution in [0.25, 0.3) is 0 Å². The average molecular weight is 329 g/mol. The zero-order valence-corrected chi connectivity index (χ0v) is 12.3. The van der Waals surface area contributed by atoms with Crippen LogP contribution >= 0.6 is 22.6 Å². The van der Waals surface area contributed by atoms with Crippen molar-refractivity contribution in [3.05, 3.63) is 33.4 Å². The Labute approximate surface area is 112 Å². The van der Waals surface area contributed by atoms with Crippen molar-refractivity contribution in [3.63, 3.8) is 0 Å². The molecule has 2 atom stereocenters. The molecular formula is C14H20IN. The Morgan fingerprint density at radius 1 is 1.12 bits per heavy atom. The largest absolute Gasteiger partial charge is 0.299 e. The molecule has 1 saturated heterocycles. The van der Waals surface area contributed by atoms with Crippen LogP contribution < -0.4 is 0 Å². The van der Waals surface area contributed by atoms with Gasteiger partial charge < -0.3 is 0 Å². The lowest BCUT2D eigenvalue weighted by Gasteiger charge is -2.35. The van der Waals surface area contributed by atoms with Crippen LogP contribution in [0.15, 0.2) is 24.3 Å². The van der Waals surface area contributed by atoms with Crippen LogP contribution in [0.1, 0.15) is 25.8 Å². The summed E-state index contributed by atoms with van der Waals surface area (Å²) >= 11 is 2.36. The highest BCUT2D eigenvalue weighted by Crippen LogP contribution is 2.22. The first kappa shape index (κ1) is 12.4. The SMILES string of the molecule is CC1CC(C)CN(Cc2ccc(I)cc2)C1. The number of hydrogen-bond donors (Lipinski definition) is 0. The van der Waals surface area contributed by atoms with Crippen molar-refractivity contribution >= 4 is 22.6 Å². The molecule has 2 unspecified atom stereocenters. The van der Waals surface area contributed by atoms with Crippen LogP contribution in [0.5, 0.6) is 0 Å². The molecule has 0 N–H and O–H groups in total. The molecule has 0 amide bonds. The molecule has 2 heteroatoms. The van der Waals surface area contributed by atoms with Crippen molar-refractivity contribution in [2.45, 2.75) is 26.8 Å². The molecule has 1 nitrogen and oxygen atoms in total. The van der Waals surface area contributed by atoms with Crippen LogP contribution in [0.3, 0.4) is 0 Å². The molecule has 0 spiro atoms. The lowest BCUT2D eigenvalue weighted by atomic mass is 9.91. The monoisotopic (exact) mass is 329 g/mol. The molecule has 0 bridgehead atoms. The van der Waals surface area contributed by atoms with Crippen LogP contribution in [-0.2, 0) is 6.54 Å². The summed E-state index contributed by atoms with van der Waals surface area (Å²) in [5, 5.41) is 0. The number of halogens is 1. The third-order valence-electron chi connectivity index (χ3n) is 3.26. The van der Waals surface area contributed by atoms with E-state index in [-0.39, 0.29) is 0 Å². The fourth-order valence-corrected chi connectivity index (χ4v) is 3.13. The third-order valence-corrected chi connectivity index (χ3v) is 3.98. The summed E-state index contributed by atoms with van der Waals surface area (Å²) in [5.74, 6) is 1.71. The molecule has 16 heavy (non-hydrogen) atoms. The minimum Gasteiger partial charge on any atom is -0.299 e. The minimum atomic E-state index is 0.854. The number of hydrogen-bond acceptors (Lipinski definition) is 1. The summed E-state index contributed by atoms with van der Waals surface area (Å²) in [7, 11) is 0. The van der Waals surface area contributed by atoms with Gasteiger partial charge in [-0.3, -0.25) is 4.90 Å². The van der Waals surface area contributed by atoms with Gasteiger partial charge in [0.1, 0.15) is 0 Å². The summed E-state index contributed by atoms with van der Waals surface area (Å²) in [6.45, 7) is 8.38. The summed E-state index contributed by atoms with van der Waals surface area (Å²) < 4.78 is 1.32.